The molecule has 0 saturated carbocycles. The molecule has 0 aromatic heterocycles. The lowest BCUT2D eigenvalue weighted by Gasteiger charge is -2.29. The van der Waals surface area contributed by atoms with Gasteiger partial charge in [-0.25, -0.2) is 0 Å². The molecule has 1 aromatic carbocycles. The van der Waals surface area contributed by atoms with Crippen molar-refractivity contribution in [2.24, 2.45) is 5.41 Å². The topological polar surface area (TPSA) is 75.6 Å². The molecule has 110 valence electrons. The van der Waals surface area contributed by atoms with E-state index in [0.29, 0.717) is 5.56 Å². The summed E-state index contributed by atoms with van der Waals surface area (Å²) in [7, 11) is 1.45. The maximum absolute atomic E-state index is 12.3. The number of carboxylic acid groups (broad SMARTS) is 1. The van der Waals surface area contributed by atoms with E-state index in [4.69, 9.17) is 9.84 Å². The van der Waals surface area contributed by atoms with Crippen LogP contribution in [-0.2, 0) is 19.9 Å². The van der Waals surface area contributed by atoms with Crippen molar-refractivity contribution in [2.75, 3.05) is 13.7 Å². The van der Waals surface area contributed by atoms with Gasteiger partial charge >= 0.3 is 5.97 Å². The molecule has 5 nitrogen and oxygen atoms in total. The van der Waals surface area contributed by atoms with Crippen molar-refractivity contribution < 1.29 is 19.4 Å². The van der Waals surface area contributed by atoms with Crippen LogP contribution in [0.25, 0.3) is 0 Å². The molecule has 5 heteroatoms. The van der Waals surface area contributed by atoms with Crippen molar-refractivity contribution in [3.05, 3.63) is 35.9 Å². The Hall–Kier alpha value is -1.88. The zero-order chi connectivity index (χ0) is 15.4. The smallest absolute Gasteiger partial charge is 0.310 e. The minimum absolute atomic E-state index is 0.0347. The van der Waals surface area contributed by atoms with Crippen molar-refractivity contribution in [2.45, 2.75) is 26.4 Å². The number of rotatable bonds is 6. The summed E-state index contributed by atoms with van der Waals surface area (Å²) in [5, 5.41) is 11.7. The van der Waals surface area contributed by atoms with Crippen LogP contribution in [0.3, 0.4) is 0 Å². The van der Waals surface area contributed by atoms with Gasteiger partial charge in [0.2, 0.25) is 0 Å². The second-order valence-electron chi connectivity index (χ2n) is 5.48. The molecule has 1 rings (SSSR count). The maximum atomic E-state index is 12.3. The monoisotopic (exact) mass is 279 g/mol. The largest absolute Gasteiger partial charge is 0.481 e. The van der Waals surface area contributed by atoms with E-state index in [1.165, 1.54) is 7.11 Å². The van der Waals surface area contributed by atoms with Gasteiger partial charge in [-0.15, -0.1) is 0 Å². The summed E-state index contributed by atoms with van der Waals surface area (Å²) in [5.74, 6) is -1.32. The van der Waals surface area contributed by atoms with Crippen LogP contribution in [0, 0.1) is 5.41 Å². The highest BCUT2D eigenvalue weighted by molar-refractivity contribution is 5.86. The van der Waals surface area contributed by atoms with Crippen molar-refractivity contribution >= 4 is 11.9 Å². The second-order valence-corrected chi connectivity index (χ2v) is 5.48. The molecule has 0 saturated heterocycles. The van der Waals surface area contributed by atoms with Gasteiger partial charge in [0.1, 0.15) is 0 Å². The zero-order valence-electron chi connectivity index (χ0n) is 12.3. The molecule has 1 amide bonds. The fourth-order valence-electron chi connectivity index (χ4n) is 1.64. The van der Waals surface area contributed by atoms with Crippen LogP contribution in [0.2, 0.25) is 0 Å². The van der Waals surface area contributed by atoms with E-state index in [-0.39, 0.29) is 12.5 Å². The SMILES string of the molecule is COC(C)(C(=O)NCC(C)(C)C(=O)O)c1ccccc1. The molecule has 1 atom stereocenters. The van der Waals surface area contributed by atoms with Crippen LogP contribution in [0.5, 0.6) is 0 Å². The number of aliphatic carboxylic acids is 1. The number of amides is 1. The van der Waals surface area contributed by atoms with E-state index in [1.54, 1.807) is 32.9 Å². The molecule has 20 heavy (non-hydrogen) atoms. The Labute approximate surface area is 118 Å². The van der Waals surface area contributed by atoms with Crippen LogP contribution in [0.4, 0.5) is 0 Å². The van der Waals surface area contributed by atoms with Gasteiger partial charge in [0.05, 0.1) is 5.41 Å². The summed E-state index contributed by atoms with van der Waals surface area (Å²) in [6.07, 6.45) is 0. The van der Waals surface area contributed by atoms with Gasteiger partial charge in [0, 0.05) is 13.7 Å². The molecule has 0 radical (unpaired) electrons. The summed E-state index contributed by atoms with van der Waals surface area (Å²) in [6, 6.07) is 9.09. The number of benzene rings is 1. The Morgan fingerprint density at radius 3 is 2.20 bits per heavy atom. The lowest BCUT2D eigenvalue weighted by atomic mass is 9.91. The van der Waals surface area contributed by atoms with Crippen LogP contribution < -0.4 is 5.32 Å². The average molecular weight is 279 g/mol. The molecular weight excluding hydrogens is 258 g/mol. The third-order valence-electron chi connectivity index (χ3n) is 3.44. The van der Waals surface area contributed by atoms with Gasteiger partial charge in [0.15, 0.2) is 5.60 Å². The Kier molecular flexibility index (Phi) is 4.89. The lowest BCUT2D eigenvalue weighted by molar-refractivity contribution is -0.148. The quantitative estimate of drug-likeness (QED) is 0.832. The molecule has 0 heterocycles. The second kappa shape index (κ2) is 6.05. The number of hydrogen-bond donors (Lipinski definition) is 2. The molecule has 1 unspecified atom stereocenters. The molecule has 0 aliphatic heterocycles. The highest BCUT2D eigenvalue weighted by Crippen LogP contribution is 2.25. The number of ether oxygens (including phenoxy) is 1. The number of carboxylic acids is 1. The van der Waals surface area contributed by atoms with Gasteiger partial charge in [-0.1, -0.05) is 30.3 Å². The summed E-state index contributed by atoms with van der Waals surface area (Å²) in [5.41, 5.74) is -1.45. The van der Waals surface area contributed by atoms with Gasteiger partial charge in [-0.05, 0) is 26.3 Å². The van der Waals surface area contributed by atoms with E-state index in [1.807, 2.05) is 18.2 Å². The van der Waals surface area contributed by atoms with Crippen LogP contribution >= 0.6 is 0 Å². The fourth-order valence-corrected chi connectivity index (χ4v) is 1.64. The molecule has 0 aliphatic rings. The zero-order valence-corrected chi connectivity index (χ0v) is 12.3. The first-order valence-corrected chi connectivity index (χ1v) is 6.36. The minimum Gasteiger partial charge on any atom is -0.481 e. The van der Waals surface area contributed by atoms with Gasteiger partial charge in [0.25, 0.3) is 5.91 Å². The first-order chi connectivity index (χ1) is 9.24. The lowest BCUT2D eigenvalue weighted by Crippen LogP contribution is -2.48. The third-order valence-corrected chi connectivity index (χ3v) is 3.44. The number of hydrogen-bond acceptors (Lipinski definition) is 3. The Morgan fingerprint density at radius 2 is 1.75 bits per heavy atom. The Morgan fingerprint density at radius 1 is 1.20 bits per heavy atom. The molecule has 0 bridgehead atoms. The minimum atomic E-state index is -1.14. The van der Waals surface area contributed by atoms with Crippen molar-refractivity contribution in [3.63, 3.8) is 0 Å². The molecule has 0 spiro atoms. The summed E-state index contributed by atoms with van der Waals surface area (Å²) >= 11 is 0. The van der Waals surface area contributed by atoms with Gasteiger partial charge in [-0.3, -0.25) is 9.59 Å². The molecule has 1 aromatic rings. The summed E-state index contributed by atoms with van der Waals surface area (Å²) in [6.45, 7) is 4.81. The number of methoxy groups -OCH3 is 1. The van der Waals surface area contributed by atoms with Crippen LogP contribution in [0.15, 0.2) is 30.3 Å². The number of nitrogens with one attached hydrogen (secondary N) is 1. The maximum Gasteiger partial charge on any atom is 0.310 e. The highest BCUT2D eigenvalue weighted by atomic mass is 16.5. The number of carbonyl (C=O) groups is 2. The first kappa shape index (κ1) is 16.2. The van der Waals surface area contributed by atoms with E-state index in [9.17, 15) is 9.59 Å². The van der Waals surface area contributed by atoms with Crippen LogP contribution in [-0.4, -0.2) is 30.6 Å². The highest BCUT2D eigenvalue weighted by Gasteiger charge is 2.37. The average Bonchev–Trinajstić information content (AvgIpc) is 2.44. The molecule has 0 fully saturated rings. The van der Waals surface area contributed by atoms with Crippen LogP contribution in [0.1, 0.15) is 26.3 Å². The molecule has 0 aliphatic carbocycles. The Balaban J connectivity index is 2.86. The fraction of sp³-hybridized carbons (Fsp3) is 0.467. The Bertz CT molecular complexity index is 484. The molecular formula is C15H21NO4. The normalized spacial score (nSPS) is 14.4. The van der Waals surface area contributed by atoms with Crippen molar-refractivity contribution in [1.29, 1.82) is 0 Å². The standard InChI is InChI=1S/C15H21NO4/c1-14(2,13(18)19)10-16-12(17)15(3,20-4)11-8-6-5-7-9-11/h5-9H,10H2,1-4H3,(H,16,17)(H,18,19). The van der Waals surface area contributed by atoms with Gasteiger partial charge in [-0.2, -0.15) is 0 Å². The number of carbonyl (C=O) groups excluding carboxylic acids is 1. The first-order valence-electron chi connectivity index (χ1n) is 6.36. The van der Waals surface area contributed by atoms with Crippen molar-refractivity contribution in [1.82, 2.24) is 5.32 Å². The summed E-state index contributed by atoms with van der Waals surface area (Å²) in [4.78, 5) is 23.4. The van der Waals surface area contributed by atoms with E-state index < -0.39 is 17.0 Å². The van der Waals surface area contributed by atoms with E-state index in [2.05, 4.69) is 5.32 Å². The van der Waals surface area contributed by atoms with E-state index in [0.717, 1.165) is 0 Å². The third kappa shape index (κ3) is 3.36. The van der Waals surface area contributed by atoms with Gasteiger partial charge < -0.3 is 15.2 Å². The predicted octanol–water partition coefficient (Wildman–Crippen LogP) is 1.78. The molecule has 2 N–H and O–H groups in total. The predicted molar refractivity (Wildman–Crippen MR) is 75.2 cm³/mol. The van der Waals surface area contributed by atoms with E-state index >= 15 is 0 Å². The summed E-state index contributed by atoms with van der Waals surface area (Å²) < 4.78 is 5.35. The van der Waals surface area contributed by atoms with Crippen molar-refractivity contribution in [3.8, 4) is 0 Å².